The molecule has 2 saturated heterocycles. The third-order valence-corrected chi connectivity index (χ3v) is 8.47. The average molecular weight is 577 g/mol. The van der Waals surface area contributed by atoms with Gasteiger partial charge in [0.2, 0.25) is 10.3 Å². The Labute approximate surface area is 244 Å². The van der Waals surface area contributed by atoms with E-state index in [9.17, 15) is 13.2 Å². The van der Waals surface area contributed by atoms with Gasteiger partial charge in [0.25, 0.3) is 5.91 Å². The topological polar surface area (TPSA) is 84.9 Å². The van der Waals surface area contributed by atoms with Gasteiger partial charge in [0.1, 0.15) is 6.10 Å². The van der Waals surface area contributed by atoms with Crippen LogP contribution in [-0.4, -0.2) is 55.7 Å². The Morgan fingerprint density at radius 3 is 2.24 bits per heavy atom. The van der Waals surface area contributed by atoms with Gasteiger partial charge in [-0.15, -0.1) is 0 Å². The zero-order valence-corrected chi connectivity index (χ0v) is 24.7. The number of ether oxygens (including phenoxy) is 2. The number of benzene rings is 3. The van der Waals surface area contributed by atoms with E-state index >= 15 is 0 Å². The summed E-state index contributed by atoms with van der Waals surface area (Å²) in [6.45, 7) is 6.67. The van der Waals surface area contributed by atoms with Crippen LogP contribution in [0.1, 0.15) is 68.7 Å². The predicted octanol–water partition coefficient (Wildman–Crippen LogP) is 5.21. The number of piperidine rings is 1. The van der Waals surface area contributed by atoms with Crippen LogP contribution in [0.25, 0.3) is 10.8 Å². The number of fused-ring (bicyclic) bond motifs is 2. The number of carbonyl (C=O) groups is 1. The zero-order chi connectivity index (χ0) is 28.8. The summed E-state index contributed by atoms with van der Waals surface area (Å²) in [7, 11) is -2.44. The molecule has 41 heavy (non-hydrogen) atoms. The van der Waals surface area contributed by atoms with Crippen LogP contribution in [0.3, 0.4) is 0 Å². The molecule has 2 heterocycles. The number of rotatable bonds is 5. The van der Waals surface area contributed by atoms with Gasteiger partial charge in [-0.05, 0) is 86.5 Å². The third kappa shape index (κ3) is 7.83. The first-order valence-corrected chi connectivity index (χ1v) is 15.8. The van der Waals surface area contributed by atoms with Gasteiger partial charge >= 0.3 is 0 Å². The van der Waals surface area contributed by atoms with Crippen LogP contribution < -0.4 is 5.32 Å². The highest BCUT2D eigenvalue weighted by molar-refractivity contribution is 7.71. The Morgan fingerprint density at radius 1 is 0.951 bits per heavy atom. The Morgan fingerprint density at radius 2 is 1.61 bits per heavy atom. The standard InChI is InChI=1S/C23H32N2O5S.C10H8/c1-23(2)29-20(15-31(27)28)21(30-23)22(26)24-19-8-6-7-17-13-16(9-10-18(17)19)14-25-11-4-3-5-12-25;1-2-6-10-8-4-3-7-9(10)5-1/h9-10,13,15,19-21H,3-8,11-12,14H2,1-2H3,(H,24,26);1-8H/t19-,20-,21-;/m1./s1. The number of likely N-dealkylation sites (tertiary alicyclic amines) is 1. The van der Waals surface area contributed by atoms with Crippen molar-refractivity contribution in [1.82, 2.24) is 10.2 Å². The highest BCUT2D eigenvalue weighted by atomic mass is 32.2. The summed E-state index contributed by atoms with van der Waals surface area (Å²) in [4.78, 5) is 15.5. The minimum atomic E-state index is -2.44. The molecule has 3 aromatic carbocycles. The molecule has 7 nitrogen and oxygen atoms in total. The van der Waals surface area contributed by atoms with Crippen molar-refractivity contribution in [3.63, 3.8) is 0 Å². The highest BCUT2D eigenvalue weighted by Gasteiger charge is 2.45. The van der Waals surface area contributed by atoms with Crippen LogP contribution in [0, 0.1) is 0 Å². The maximum absolute atomic E-state index is 13.0. The molecule has 1 aliphatic carbocycles. The zero-order valence-electron chi connectivity index (χ0n) is 23.9. The van der Waals surface area contributed by atoms with Crippen LogP contribution in [0.5, 0.6) is 0 Å². The second kappa shape index (κ2) is 13.3. The summed E-state index contributed by atoms with van der Waals surface area (Å²) in [5, 5.41) is 6.69. The lowest BCUT2D eigenvalue weighted by Crippen LogP contribution is -2.43. The van der Waals surface area contributed by atoms with E-state index in [-0.39, 0.29) is 11.9 Å². The van der Waals surface area contributed by atoms with Crippen molar-refractivity contribution in [3.8, 4) is 0 Å². The minimum absolute atomic E-state index is 0.106. The van der Waals surface area contributed by atoms with Crippen molar-refractivity contribution in [2.24, 2.45) is 0 Å². The van der Waals surface area contributed by atoms with Crippen molar-refractivity contribution >= 4 is 32.3 Å². The lowest BCUT2D eigenvalue weighted by Gasteiger charge is -2.30. The Hall–Kier alpha value is -3.04. The van der Waals surface area contributed by atoms with Crippen molar-refractivity contribution in [2.45, 2.75) is 83.0 Å². The molecule has 3 atom stereocenters. The van der Waals surface area contributed by atoms with Crippen LogP contribution in [0.4, 0.5) is 0 Å². The Bertz CT molecular complexity index is 1420. The van der Waals surface area contributed by atoms with E-state index in [1.165, 1.54) is 54.3 Å². The normalized spacial score (nSPS) is 23.6. The van der Waals surface area contributed by atoms with Crippen LogP contribution >= 0.6 is 0 Å². The molecule has 2 fully saturated rings. The van der Waals surface area contributed by atoms with Gasteiger partial charge in [0.15, 0.2) is 11.9 Å². The van der Waals surface area contributed by atoms with Gasteiger partial charge in [-0.3, -0.25) is 9.69 Å². The van der Waals surface area contributed by atoms with Gasteiger partial charge in [-0.1, -0.05) is 73.2 Å². The van der Waals surface area contributed by atoms with Crippen LogP contribution in [-0.2, 0) is 37.5 Å². The molecule has 2 aliphatic heterocycles. The summed E-state index contributed by atoms with van der Waals surface area (Å²) in [6.07, 6.45) is 4.83. The molecule has 218 valence electrons. The van der Waals surface area contributed by atoms with E-state index in [1.54, 1.807) is 13.8 Å². The molecule has 1 amide bonds. The fourth-order valence-corrected chi connectivity index (χ4v) is 6.50. The van der Waals surface area contributed by atoms with Crippen molar-refractivity contribution in [3.05, 3.63) is 83.4 Å². The molecule has 0 unspecified atom stereocenters. The predicted molar refractivity (Wildman–Crippen MR) is 162 cm³/mol. The maximum Gasteiger partial charge on any atom is 0.252 e. The van der Waals surface area contributed by atoms with Gasteiger partial charge in [0, 0.05) is 6.54 Å². The number of hydrogen-bond donors (Lipinski definition) is 1. The highest BCUT2D eigenvalue weighted by Crippen LogP contribution is 2.33. The molecular weight excluding hydrogens is 536 g/mol. The number of nitrogens with one attached hydrogen (secondary N) is 1. The number of nitrogens with zero attached hydrogens (tertiary/aromatic N) is 1. The quantitative estimate of drug-likeness (QED) is 0.420. The number of amides is 1. The second-order valence-corrected chi connectivity index (χ2v) is 12.4. The summed E-state index contributed by atoms with van der Waals surface area (Å²) >= 11 is 0. The second-order valence-electron chi connectivity index (χ2n) is 11.6. The SMILES string of the molecule is CC1(C)O[C@H](C=S(=O)=O)[C@H](C(=O)N[C@@H]2CCCc3cc(CN4CCCCC4)ccc32)O1.c1ccc2ccccc2c1. The molecule has 1 N–H and O–H groups in total. The van der Waals surface area contributed by atoms with Gasteiger partial charge in [-0.25, -0.2) is 0 Å². The molecule has 0 aromatic heterocycles. The average Bonchev–Trinajstić information content (AvgIpc) is 3.27. The molecule has 0 spiro atoms. The lowest BCUT2D eigenvalue weighted by molar-refractivity contribution is -0.154. The van der Waals surface area contributed by atoms with E-state index in [1.807, 2.05) is 0 Å². The fraction of sp³-hybridized carbons (Fsp3) is 0.455. The van der Waals surface area contributed by atoms with Crippen molar-refractivity contribution < 1.29 is 22.7 Å². The summed E-state index contributed by atoms with van der Waals surface area (Å²) in [6, 6.07) is 23.2. The Kier molecular flexibility index (Phi) is 9.55. The van der Waals surface area contributed by atoms with Crippen LogP contribution in [0.15, 0.2) is 66.7 Å². The van der Waals surface area contributed by atoms with E-state index in [4.69, 9.17) is 9.47 Å². The first-order valence-electron chi connectivity index (χ1n) is 14.6. The Balaban J connectivity index is 0.000000282. The monoisotopic (exact) mass is 576 g/mol. The number of carbonyl (C=O) groups excluding carboxylic acids is 1. The molecule has 0 saturated carbocycles. The van der Waals surface area contributed by atoms with Crippen molar-refractivity contribution in [2.75, 3.05) is 13.1 Å². The summed E-state index contributed by atoms with van der Waals surface area (Å²) < 4.78 is 33.6. The molecular formula is C33H40N2O5S. The number of hydrogen-bond acceptors (Lipinski definition) is 6. The first-order chi connectivity index (χ1) is 19.8. The first kappa shape index (κ1) is 29.5. The van der Waals surface area contributed by atoms with E-state index < -0.39 is 28.3 Å². The summed E-state index contributed by atoms with van der Waals surface area (Å²) in [5.74, 6) is -1.36. The van der Waals surface area contributed by atoms with E-state index in [2.05, 4.69) is 76.9 Å². The molecule has 3 aliphatic rings. The largest absolute Gasteiger partial charge is 0.347 e. The molecule has 0 bridgehead atoms. The minimum Gasteiger partial charge on any atom is -0.347 e. The van der Waals surface area contributed by atoms with Gasteiger partial charge in [-0.2, -0.15) is 8.42 Å². The number of aryl methyl sites for hydroxylation is 1. The fourth-order valence-electron chi connectivity index (χ4n) is 6.08. The van der Waals surface area contributed by atoms with E-state index in [0.29, 0.717) is 0 Å². The van der Waals surface area contributed by atoms with Gasteiger partial charge in [0.05, 0.1) is 11.4 Å². The van der Waals surface area contributed by atoms with Gasteiger partial charge < -0.3 is 14.8 Å². The van der Waals surface area contributed by atoms with Crippen LogP contribution in [0.2, 0.25) is 0 Å². The molecule has 3 aromatic rings. The molecule has 0 radical (unpaired) electrons. The lowest BCUT2D eigenvalue weighted by atomic mass is 9.86. The molecule has 8 heteroatoms. The summed E-state index contributed by atoms with van der Waals surface area (Å²) in [5.41, 5.74) is 3.77. The molecule has 6 rings (SSSR count). The van der Waals surface area contributed by atoms with E-state index in [0.717, 1.165) is 36.7 Å². The smallest absolute Gasteiger partial charge is 0.252 e. The maximum atomic E-state index is 13.0. The third-order valence-electron chi connectivity index (χ3n) is 7.98. The van der Waals surface area contributed by atoms with Crippen molar-refractivity contribution in [1.29, 1.82) is 0 Å².